The van der Waals surface area contributed by atoms with Crippen LogP contribution in [0.3, 0.4) is 0 Å². The lowest BCUT2D eigenvalue weighted by Gasteiger charge is -1.90. The molecule has 0 aliphatic heterocycles. The molecule has 0 radical (unpaired) electrons. The number of rotatable bonds is 3. The summed E-state index contributed by atoms with van der Waals surface area (Å²) in [5.74, 6) is 2.41. The van der Waals surface area contributed by atoms with Crippen LogP contribution in [0.15, 0.2) is 0 Å². The minimum atomic E-state index is -3.64. The van der Waals surface area contributed by atoms with Gasteiger partial charge in [0.25, 0.3) is 0 Å². The fourth-order valence-corrected chi connectivity index (χ4v) is 0.880. The average Bonchev–Trinajstić information content (AvgIpc) is 1.85. The second-order valence-electron chi connectivity index (χ2n) is 1.81. The van der Waals surface area contributed by atoms with Crippen molar-refractivity contribution in [3.63, 3.8) is 0 Å². The van der Waals surface area contributed by atoms with Gasteiger partial charge in [-0.1, -0.05) is 5.92 Å². The zero-order valence-corrected chi connectivity index (χ0v) is 7.70. The van der Waals surface area contributed by atoms with Crippen LogP contribution in [0.4, 0.5) is 0 Å². The summed E-state index contributed by atoms with van der Waals surface area (Å²) in [6.07, 6.45) is 1.20. The van der Waals surface area contributed by atoms with Gasteiger partial charge in [0.2, 0.25) is 0 Å². The fourth-order valence-electron chi connectivity index (χ4n) is 0.442. The summed E-state index contributed by atoms with van der Waals surface area (Å²) < 4.78 is 25.2. The molecule has 0 saturated carbocycles. The number of halogens is 1. The number of hydrogen-bond donors (Lipinski definition) is 0. The quantitative estimate of drug-likeness (QED) is 0.384. The van der Waals surface area contributed by atoms with E-state index in [4.69, 9.17) is 15.4 Å². The van der Waals surface area contributed by atoms with E-state index in [1.807, 2.05) is 5.25 Å². The summed E-state index contributed by atoms with van der Waals surface area (Å²) in [5.41, 5.74) is 0. The van der Waals surface area contributed by atoms with Crippen LogP contribution in [0.1, 0.15) is 12.8 Å². The van der Waals surface area contributed by atoms with Crippen LogP contribution in [0.25, 0.3) is 0 Å². The maximum Gasteiger partial charge on any atom is 0.300 e. The zero-order chi connectivity index (χ0) is 8.74. The minimum absolute atomic E-state index is 0.486. The first-order valence-electron chi connectivity index (χ1n) is 2.99. The molecule has 0 bridgehead atoms. The summed E-state index contributed by atoms with van der Waals surface area (Å²) in [7, 11) is 2.75. The predicted molar refractivity (Wildman–Crippen MR) is 43.7 cm³/mol. The highest BCUT2D eigenvalue weighted by Gasteiger charge is 1.93. The Morgan fingerprint density at radius 3 is 2.64 bits per heavy atom. The molecule has 0 atom stereocenters. The number of methoxy groups -OCH3 is 1. The first kappa shape index (κ1) is 10.8. The Kier molecular flexibility index (Phi) is 5.30. The van der Waals surface area contributed by atoms with Crippen LogP contribution in [-0.2, 0) is 13.8 Å². The van der Waals surface area contributed by atoms with Crippen molar-refractivity contribution >= 4 is 19.7 Å². The normalized spacial score (nSPS) is 10.4. The lowest BCUT2D eigenvalue weighted by molar-refractivity contribution is 0.196. The van der Waals surface area contributed by atoms with Crippen molar-refractivity contribution in [3.05, 3.63) is 0 Å². The third-order valence-electron chi connectivity index (χ3n) is 0.844. The van der Waals surface area contributed by atoms with Crippen LogP contribution >= 0.6 is 10.7 Å². The highest BCUT2D eigenvalue weighted by molar-refractivity contribution is 8.17. The van der Waals surface area contributed by atoms with Crippen LogP contribution in [-0.4, -0.2) is 22.1 Å². The van der Waals surface area contributed by atoms with E-state index >= 15 is 0 Å². The second kappa shape index (κ2) is 5.42. The molecule has 0 saturated heterocycles. The first-order chi connectivity index (χ1) is 5.06. The van der Waals surface area contributed by atoms with Gasteiger partial charge in [-0.3, -0.25) is 0 Å². The fraction of sp³-hybridized carbons (Fsp3) is 0.667. The predicted octanol–water partition coefficient (Wildman–Crippen LogP) is 0.943. The highest BCUT2D eigenvalue weighted by atomic mass is 35.7. The van der Waals surface area contributed by atoms with E-state index < -0.39 is 9.05 Å². The Morgan fingerprint density at radius 1 is 1.55 bits per heavy atom. The molecule has 3 nitrogen and oxygen atoms in total. The van der Waals surface area contributed by atoms with Crippen LogP contribution in [0.2, 0.25) is 0 Å². The molecular formula is C6H9ClO3S. The topological polar surface area (TPSA) is 43.4 Å². The van der Waals surface area contributed by atoms with Crippen molar-refractivity contribution in [2.24, 2.45) is 0 Å². The van der Waals surface area contributed by atoms with Gasteiger partial charge in [0.15, 0.2) is 0 Å². The maximum atomic E-state index is 10.2. The molecule has 0 rings (SSSR count). The van der Waals surface area contributed by atoms with Crippen LogP contribution in [0, 0.1) is 11.2 Å². The average molecular weight is 197 g/mol. The van der Waals surface area contributed by atoms with Gasteiger partial charge >= 0.3 is 9.05 Å². The molecule has 0 spiro atoms. The molecule has 0 unspecified atom stereocenters. The summed E-state index contributed by atoms with van der Waals surface area (Å²) in [4.78, 5) is 0. The summed E-state index contributed by atoms with van der Waals surface area (Å²) in [5, 5.41) is 1.91. The van der Waals surface area contributed by atoms with Gasteiger partial charge in [-0.05, 0) is 6.42 Å². The van der Waals surface area contributed by atoms with Gasteiger partial charge in [-0.15, -0.1) is 0 Å². The van der Waals surface area contributed by atoms with E-state index in [9.17, 15) is 8.42 Å². The molecule has 0 aromatic carbocycles. The third-order valence-corrected chi connectivity index (χ3v) is 1.46. The van der Waals surface area contributed by atoms with Crippen molar-refractivity contribution < 1.29 is 13.2 Å². The van der Waals surface area contributed by atoms with Crippen molar-refractivity contribution in [2.45, 2.75) is 12.8 Å². The lowest BCUT2D eigenvalue weighted by atomic mass is 10.3. The summed E-state index contributed by atoms with van der Waals surface area (Å²) in [6.45, 7) is 0.580. The molecule has 11 heavy (non-hydrogen) atoms. The molecule has 0 N–H and O–H groups in total. The molecule has 64 valence electrons. The largest absolute Gasteiger partial charge is 0.385 e. The van der Waals surface area contributed by atoms with E-state index in [0.29, 0.717) is 13.0 Å². The SMILES string of the molecule is COCCCC#CS(=O)(=O)Cl. The Morgan fingerprint density at radius 2 is 2.18 bits per heavy atom. The van der Waals surface area contributed by atoms with Gasteiger partial charge in [0, 0.05) is 36.1 Å². The van der Waals surface area contributed by atoms with Crippen molar-refractivity contribution in [1.29, 1.82) is 0 Å². The number of unbranched alkanes of at least 4 members (excludes halogenated alkanes) is 1. The van der Waals surface area contributed by atoms with Gasteiger partial charge in [-0.2, -0.15) is 8.42 Å². The molecular weight excluding hydrogens is 188 g/mol. The summed E-state index contributed by atoms with van der Waals surface area (Å²) >= 11 is 0. The highest BCUT2D eigenvalue weighted by Crippen LogP contribution is 1.93. The monoisotopic (exact) mass is 196 g/mol. The Labute approximate surface area is 71.1 Å². The molecule has 0 aromatic heterocycles. The van der Waals surface area contributed by atoms with Crippen molar-refractivity contribution in [1.82, 2.24) is 0 Å². The molecule has 0 aliphatic rings. The van der Waals surface area contributed by atoms with E-state index in [1.54, 1.807) is 7.11 Å². The van der Waals surface area contributed by atoms with E-state index in [-0.39, 0.29) is 0 Å². The first-order valence-corrected chi connectivity index (χ1v) is 5.30. The zero-order valence-electron chi connectivity index (χ0n) is 6.13. The standard InChI is InChI=1S/C6H9ClO3S/c1-10-5-3-2-4-6-11(7,8)9/h2-3,5H2,1H3. The molecule has 0 heterocycles. The minimum Gasteiger partial charge on any atom is -0.385 e. The van der Waals surface area contributed by atoms with E-state index in [0.717, 1.165) is 6.42 Å². The molecule has 0 aromatic rings. The summed E-state index contributed by atoms with van der Waals surface area (Å²) in [6, 6.07) is 0. The van der Waals surface area contributed by atoms with Crippen molar-refractivity contribution in [3.8, 4) is 11.2 Å². The van der Waals surface area contributed by atoms with Gasteiger partial charge in [-0.25, -0.2) is 0 Å². The van der Waals surface area contributed by atoms with Crippen LogP contribution in [0.5, 0.6) is 0 Å². The molecule has 0 aliphatic carbocycles. The van der Waals surface area contributed by atoms with Gasteiger partial charge in [0.1, 0.15) is 0 Å². The Balaban J connectivity index is 3.58. The van der Waals surface area contributed by atoms with Gasteiger partial charge < -0.3 is 4.74 Å². The molecule has 0 fully saturated rings. The maximum absolute atomic E-state index is 10.2. The third kappa shape index (κ3) is 9.76. The smallest absolute Gasteiger partial charge is 0.300 e. The lowest BCUT2D eigenvalue weighted by Crippen LogP contribution is -1.86. The van der Waals surface area contributed by atoms with E-state index in [1.165, 1.54) is 0 Å². The van der Waals surface area contributed by atoms with E-state index in [2.05, 4.69) is 5.92 Å². The number of ether oxygens (including phenoxy) is 1. The Bertz CT molecular complexity index is 247. The van der Waals surface area contributed by atoms with Crippen molar-refractivity contribution in [2.75, 3.05) is 13.7 Å². The number of hydrogen-bond acceptors (Lipinski definition) is 3. The molecule has 5 heteroatoms. The second-order valence-corrected chi connectivity index (χ2v) is 4.11. The van der Waals surface area contributed by atoms with Gasteiger partial charge in [0.05, 0.1) is 0 Å². The van der Waals surface area contributed by atoms with Crippen LogP contribution < -0.4 is 0 Å². The Hall–Kier alpha value is -0.240. The molecule has 0 amide bonds.